The SMILES string of the molecule is COC(=O)c1c2cccccc-2c2c(/C=C/c3ccccc3)scc12. The van der Waals surface area contributed by atoms with Crippen LogP contribution in [0.15, 0.2) is 66.0 Å². The minimum Gasteiger partial charge on any atom is -0.465 e. The molecule has 3 heteroatoms. The molecule has 0 fully saturated rings. The molecule has 1 heterocycles. The van der Waals surface area contributed by atoms with Crippen molar-refractivity contribution in [1.82, 2.24) is 0 Å². The Bertz CT molecular complexity index is 1040. The molecular weight excluding hydrogens is 328 g/mol. The third kappa shape index (κ3) is 2.73. The number of benzene rings is 1. The molecule has 0 spiro atoms. The number of hydrogen-bond donors (Lipinski definition) is 0. The molecule has 0 aliphatic heterocycles. The molecule has 0 unspecified atom stereocenters. The normalized spacial score (nSPS) is 11.4. The van der Waals surface area contributed by atoms with Crippen LogP contribution in [0.1, 0.15) is 20.8 Å². The maximum Gasteiger partial charge on any atom is 0.339 e. The predicted molar refractivity (Wildman–Crippen MR) is 105 cm³/mol. The van der Waals surface area contributed by atoms with E-state index in [1.807, 2.05) is 47.8 Å². The van der Waals surface area contributed by atoms with E-state index in [0.29, 0.717) is 5.56 Å². The van der Waals surface area contributed by atoms with Gasteiger partial charge < -0.3 is 4.74 Å². The van der Waals surface area contributed by atoms with Crippen LogP contribution in [0.2, 0.25) is 0 Å². The molecule has 0 atom stereocenters. The van der Waals surface area contributed by atoms with Crippen LogP contribution < -0.4 is 0 Å². The van der Waals surface area contributed by atoms with Crippen LogP contribution in [0.25, 0.3) is 34.1 Å². The largest absolute Gasteiger partial charge is 0.465 e. The summed E-state index contributed by atoms with van der Waals surface area (Å²) in [6.07, 6.45) is 4.22. The monoisotopic (exact) mass is 344 g/mol. The Morgan fingerprint density at radius 2 is 1.60 bits per heavy atom. The first-order valence-electron chi connectivity index (χ1n) is 8.03. The van der Waals surface area contributed by atoms with Gasteiger partial charge in [0, 0.05) is 21.0 Å². The lowest BCUT2D eigenvalue weighted by Gasteiger charge is -2.00. The van der Waals surface area contributed by atoms with Gasteiger partial charge in [-0.3, -0.25) is 0 Å². The highest BCUT2D eigenvalue weighted by Crippen LogP contribution is 2.44. The molecule has 2 aliphatic rings. The summed E-state index contributed by atoms with van der Waals surface area (Å²) < 4.78 is 5.03. The molecule has 25 heavy (non-hydrogen) atoms. The topological polar surface area (TPSA) is 26.3 Å². The van der Waals surface area contributed by atoms with Crippen LogP contribution >= 0.6 is 11.3 Å². The summed E-state index contributed by atoms with van der Waals surface area (Å²) in [7, 11) is 1.43. The Kier molecular flexibility index (Phi) is 4.08. The Labute approximate surface area is 150 Å². The standard InChI is InChI=1S/C22H16O2S/c1-24-22(23)21-17-11-7-3-6-10-16(17)20-18(21)14-25-19(20)13-12-15-8-4-2-5-9-15/h2-14H,1H3/b13-12+. The average molecular weight is 344 g/mol. The number of carbonyl (C=O) groups excluding carboxylic acids is 1. The molecule has 0 saturated carbocycles. The zero-order valence-electron chi connectivity index (χ0n) is 13.7. The molecule has 122 valence electrons. The second-order valence-electron chi connectivity index (χ2n) is 5.74. The van der Waals surface area contributed by atoms with E-state index in [2.05, 4.69) is 30.4 Å². The fourth-order valence-electron chi connectivity index (χ4n) is 3.14. The molecular formula is C22H16O2S. The predicted octanol–water partition coefficient (Wildman–Crippen LogP) is 5.96. The summed E-state index contributed by atoms with van der Waals surface area (Å²) in [6, 6.07) is 20.2. The van der Waals surface area contributed by atoms with Gasteiger partial charge in [0.15, 0.2) is 0 Å². The van der Waals surface area contributed by atoms with Gasteiger partial charge in [-0.2, -0.15) is 0 Å². The van der Waals surface area contributed by atoms with Crippen molar-refractivity contribution < 1.29 is 9.53 Å². The van der Waals surface area contributed by atoms with Crippen LogP contribution in [0, 0.1) is 0 Å². The van der Waals surface area contributed by atoms with Gasteiger partial charge >= 0.3 is 5.97 Å². The first-order chi connectivity index (χ1) is 12.3. The molecule has 0 amide bonds. The van der Waals surface area contributed by atoms with Crippen molar-refractivity contribution in [2.45, 2.75) is 0 Å². The molecule has 2 aliphatic carbocycles. The highest BCUT2D eigenvalue weighted by atomic mass is 32.1. The van der Waals surface area contributed by atoms with Crippen molar-refractivity contribution in [3.05, 3.63) is 82.0 Å². The van der Waals surface area contributed by atoms with Crippen LogP contribution in [0.5, 0.6) is 0 Å². The molecule has 0 N–H and O–H groups in total. The number of carbonyl (C=O) groups is 1. The third-order valence-corrected chi connectivity index (χ3v) is 5.23. The lowest BCUT2D eigenvalue weighted by Crippen LogP contribution is -2.00. The third-order valence-electron chi connectivity index (χ3n) is 4.28. The summed E-state index contributed by atoms with van der Waals surface area (Å²) in [4.78, 5) is 13.5. The highest BCUT2D eigenvalue weighted by molar-refractivity contribution is 7.12. The van der Waals surface area contributed by atoms with Gasteiger partial charge in [0.25, 0.3) is 0 Å². The lowest BCUT2D eigenvalue weighted by molar-refractivity contribution is 0.0604. The van der Waals surface area contributed by atoms with Crippen LogP contribution in [-0.4, -0.2) is 13.1 Å². The van der Waals surface area contributed by atoms with Crippen molar-refractivity contribution in [3.8, 4) is 11.1 Å². The molecule has 1 aromatic carbocycles. The van der Waals surface area contributed by atoms with Gasteiger partial charge in [-0.1, -0.05) is 66.7 Å². The fourth-order valence-corrected chi connectivity index (χ4v) is 4.11. The van der Waals surface area contributed by atoms with E-state index < -0.39 is 0 Å². The van der Waals surface area contributed by atoms with Crippen LogP contribution in [0.3, 0.4) is 0 Å². The minimum absolute atomic E-state index is 0.289. The summed E-state index contributed by atoms with van der Waals surface area (Å²) in [6.45, 7) is 0. The summed E-state index contributed by atoms with van der Waals surface area (Å²) in [5, 5.41) is 4.13. The number of rotatable bonds is 3. The molecule has 0 saturated heterocycles. The zero-order valence-corrected chi connectivity index (χ0v) is 14.5. The summed E-state index contributed by atoms with van der Waals surface area (Å²) >= 11 is 1.65. The Hall–Kier alpha value is -2.91. The maximum atomic E-state index is 12.4. The van der Waals surface area contributed by atoms with Gasteiger partial charge in [-0.25, -0.2) is 4.79 Å². The molecule has 0 bridgehead atoms. The van der Waals surface area contributed by atoms with E-state index in [1.165, 1.54) is 7.11 Å². The summed E-state index contributed by atoms with van der Waals surface area (Å²) in [5.74, 6) is -0.289. The van der Waals surface area contributed by atoms with Gasteiger partial charge in [-0.05, 0) is 22.8 Å². The molecule has 0 radical (unpaired) electrons. The van der Waals surface area contributed by atoms with Crippen LogP contribution in [-0.2, 0) is 4.74 Å². The first kappa shape index (κ1) is 15.6. The minimum atomic E-state index is -0.289. The highest BCUT2D eigenvalue weighted by Gasteiger charge is 2.24. The maximum absolute atomic E-state index is 12.4. The summed E-state index contributed by atoms with van der Waals surface area (Å²) in [5.41, 5.74) is 3.82. The fraction of sp³-hybridized carbons (Fsp3) is 0.0455. The Balaban J connectivity index is 1.93. The van der Waals surface area contributed by atoms with Crippen molar-refractivity contribution in [3.63, 3.8) is 0 Å². The van der Waals surface area contributed by atoms with Gasteiger partial charge in [0.2, 0.25) is 0 Å². The van der Waals surface area contributed by atoms with E-state index in [1.54, 1.807) is 11.3 Å². The van der Waals surface area contributed by atoms with Crippen molar-refractivity contribution in [2.75, 3.05) is 7.11 Å². The van der Waals surface area contributed by atoms with Crippen molar-refractivity contribution in [2.24, 2.45) is 0 Å². The second kappa shape index (κ2) is 6.54. The van der Waals surface area contributed by atoms with Crippen LogP contribution in [0.4, 0.5) is 0 Å². The van der Waals surface area contributed by atoms with E-state index in [4.69, 9.17) is 4.74 Å². The Morgan fingerprint density at radius 1 is 0.920 bits per heavy atom. The first-order valence-corrected chi connectivity index (χ1v) is 8.91. The Morgan fingerprint density at radius 3 is 2.32 bits per heavy atom. The molecule has 2 aromatic rings. The van der Waals surface area contributed by atoms with Crippen molar-refractivity contribution >= 4 is 40.2 Å². The average Bonchev–Trinajstić information content (AvgIpc) is 3.09. The molecule has 1 aromatic heterocycles. The number of fused-ring (bicyclic) bond motifs is 3. The lowest BCUT2D eigenvalue weighted by atomic mass is 10.1. The van der Waals surface area contributed by atoms with Crippen molar-refractivity contribution in [1.29, 1.82) is 0 Å². The van der Waals surface area contributed by atoms with Gasteiger partial charge in [0.1, 0.15) is 0 Å². The number of thiophene rings is 1. The second-order valence-corrected chi connectivity index (χ2v) is 6.65. The number of hydrogen-bond acceptors (Lipinski definition) is 3. The number of methoxy groups -OCH3 is 1. The van der Waals surface area contributed by atoms with E-state index in [0.717, 1.165) is 32.3 Å². The van der Waals surface area contributed by atoms with Gasteiger partial charge in [-0.15, -0.1) is 11.3 Å². The van der Waals surface area contributed by atoms with E-state index in [-0.39, 0.29) is 5.97 Å². The van der Waals surface area contributed by atoms with E-state index >= 15 is 0 Å². The molecule has 2 nitrogen and oxygen atoms in total. The molecule has 4 rings (SSSR count). The quantitative estimate of drug-likeness (QED) is 0.428. The number of ether oxygens (including phenoxy) is 1. The zero-order chi connectivity index (χ0) is 17.2. The smallest absolute Gasteiger partial charge is 0.339 e. The van der Waals surface area contributed by atoms with E-state index in [9.17, 15) is 4.79 Å². The van der Waals surface area contributed by atoms with Gasteiger partial charge in [0.05, 0.1) is 12.7 Å². The number of esters is 1.